The number of esters is 1. The summed E-state index contributed by atoms with van der Waals surface area (Å²) in [6.07, 6.45) is 8.06. The molecule has 0 radical (unpaired) electrons. The van der Waals surface area contributed by atoms with Crippen LogP contribution in [0.4, 0.5) is 0 Å². The van der Waals surface area contributed by atoms with E-state index in [0.717, 1.165) is 68.4 Å². The molecule has 3 aliphatic rings. The molecule has 1 fully saturated rings. The van der Waals surface area contributed by atoms with Crippen molar-refractivity contribution in [1.29, 1.82) is 0 Å². The number of methoxy groups -OCH3 is 1. The van der Waals surface area contributed by atoms with Crippen LogP contribution in [0.5, 0.6) is 0 Å². The summed E-state index contributed by atoms with van der Waals surface area (Å²) in [5.74, 6) is -2.84. The van der Waals surface area contributed by atoms with E-state index in [1.807, 2.05) is 13.0 Å². The molecule has 45 heavy (non-hydrogen) atoms. The molecule has 2 aliphatic heterocycles. The summed E-state index contributed by atoms with van der Waals surface area (Å²) >= 11 is 0. The van der Waals surface area contributed by atoms with Gasteiger partial charge in [-0.1, -0.05) is 66.8 Å². The number of aliphatic hydroxyl groups excluding tert-OH is 1. The number of aliphatic hydroxyl groups is 1. The number of aromatic nitrogens is 3. The van der Waals surface area contributed by atoms with Crippen LogP contribution in [0.25, 0.3) is 29.6 Å². The molecule has 0 saturated carbocycles. The minimum absolute atomic E-state index is 0. The van der Waals surface area contributed by atoms with Crippen molar-refractivity contribution in [1.82, 2.24) is 20.3 Å². The van der Waals surface area contributed by atoms with Crippen LogP contribution in [-0.2, 0) is 27.2 Å². The van der Waals surface area contributed by atoms with E-state index in [9.17, 15) is 19.8 Å². The number of carbonyl (C=O) groups is 2. The van der Waals surface area contributed by atoms with Crippen LogP contribution >= 0.6 is 0 Å². The molecule has 0 aromatic carbocycles. The van der Waals surface area contributed by atoms with Gasteiger partial charge in [0, 0.05) is 23.3 Å². The van der Waals surface area contributed by atoms with Gasteiger partial charge in [0.15, 0.2) is 0 Å². The van der Waals surface area contributed by atoms with Gasteiger partial charge in [0.1, 0.15) is 11.7 Å². The summed E-state index contributed by atoms with van der Waals surface area (Å²) in [6, 6.07) is -0.456. The molecule has 5 heterocycles. The van der Waals surface area contributed by atoms with Gasteiger partial charge in [0.25, 0.3) is 0 Å². The number of nitrogens with zero attached hydrogens (tertiary/aromatic N) is 3. The molecule has 6 rings (SSSR count). The molecule has 3 N–H and O–H groups in total. The minimum Gasteiger partial charge on any atom is -0.657 e. The molecule has 3 aromatic rings. The van der Waals surface area contributed by atoms with E-state index in [4.69, 9.17) is 19.7 Å². The number of hydrogen-bond donors (Lipinski definition) is 3. The molecule has 4 atom stereocenters. The molecule has 0 spiro atoms. The Morgan fingerprint density at radius 3 is 2.22 bits per heavy atom. The van der Waals surface area contributed by atoms with E-state index in [-0.39, 0.29) is 47.1 Å². The number of ether oxygens (including phenoxy) is 1. The number of nitrogens with one attached hydrogen (secondary N) is 1. The quantitative estimate of drug-likeness (QED) is 0.272. The number of allylic oxidation sites excluding steroid dienone is 1. The second-order valence-electron chi connectivity index (χ2n) is 12.2. The van der Waals surface area contributed by atoms with Crippen LogP contribution in [-0.4, -0.2) is 58.4 Å². The maximum Gasteiger partial charge on any atom is 2.00 e. The average molecular weight is 620 g/mol. The van der Waals surface area contributed by atoms with Gasteiger partial charge >= 0.3 is 35.0 Å². The van der Waals surface area contributed by atoms with Gasteiger partial charge in [0.2, 0.25) is 0 Å². The predicted molar refractivity (Wildman–Crippen MR) is 173 cm³/mol. The Morgan fingerprint density at radius 2 is 1.58 bits per heavy atom. The molecule has 8 bridgehead atoms. The molecule has 1 saturated heterocycles. The fraction of sp³-hybridized carbons (Fsp3) is 0.429. The number of fused-ring (bicyclic) bond motifs is 8. The first-order valence-electron chi connectivity index (χ1n) is 15.4. The fourth-order valence-corrected chi connectivity index (χ4v) is 7.54. The molecule has 0 amide bonds. The molecule has 9 nitrogen and oxygen atoms in total. The van der Waals surface area contributed by atoms with Crippen molar-refractivity contribution in [2.45, 2.75) is 73.3 Å². The van der Waals surface area contributed by atoms with Crippen LogP contribution < -0.4 is 41.5 Å². The van der Waals surface area contributed by atoms with Crippen molar-refractivity contribution in [3.8, 4) is 0 Å². The average Bonchev–Trinajstić information content (AvgIpc) is 3.72. The summed E-state index contributed by atoms with van der Waals surface area (Å²) in [7, 11) is 1.31. The Balaban J connectivity index is 0.00000400. The standard InChI is InChI=1S/C35H39N4O5.Mg/c1-8-19-15(3)22-12-24-17(5)21(10-11-28(40)41)32(38-24)30-31(35(43)44-7)34(42)29-18(6)25(39-33(29)30)14-27-20(9-2)16(4)23(37-27)13-26(19)36-22;/h12-14,17,21,31-32,38,42H,8-11H2,1-7H3,(H,40,41);/q-3;+2/b23-13-,24-12-,27-14-;/t17-,21-,31+,32?;/m0./s1. The largest absolute Gasteiger partial charge is 2.00 e. The van der Waals surface area contributed by atoms with Gasteiger partial charge in [0.05, 0.1) is 13.2 Å². The zero-order valence-corrected chi connectivity index (χ0v) is 28.5. The van der Waals surface area contributed by atoms with Crippen molar-refractivity contribution in [3.05, 3.63) is 71.9 Å². The number of rotatable bonds is 6. The second-order valence-corrected chi connectivity index (χ2v) is 12.2. The number of carboxylic acid groups (broad SMARTS) is 1. The van der Waals surface area contributed by atoms with Gasteiger partial charge in [-0.2, -0.15) is 0 Å². The fourth-order valence-electron chi connectivity index (χ4n) is 7.54. The van der Waals surface area contributed by atoms with E-state index >= 15 is 0 Å². The van der Waals surface area contributed by atoms with Gasteiger partial charge in [-0.3, -0.25) is 9.59 Å². The van der Waals surface area contributed by atoms with Gasteiger partial charge in [-0.15, -0.1) is 33.1 Å². The molecular formula is C35H39MgN4O5-. The maximum atomic E-state index is 13.3. The zero-order valence-electron chi connectivity index (χ0n) is 27.0. The minimum atomic E-state index is -1.04. The summed E-state index contributed by atoms with van der Waals surface area (Å²) in [5.41, 5.74) is 9.18. The number of aliphatic carboxylic acids is 1. The maximum absolute atomic E-state index is 13.3. The van der Waals surface area contributed by atoms with Crippen molar-refractivity contribution >= 4 is 64.6 Å². The number of carboxylic acids is 1. The van der Waals surface area contributed by atoms with E-state index in [0.29, 0.717) is 28.3 Å². The monoisotopic (exact) mass is 619 g/mol. The predicted octanol–water partition coefficient (Wildman–Crippen LogP) is 0.948. The first kappa shape index (κ1) is 32.8. The zero-order chi connectivity index (χ0) is 31.6. The third-order valence-corrected chi connectivity index (χ3v) is 10.0. The smallest absolute Gasteiger partial charge is 0.657 e. The topological polar surface area (TPSA) is 138 Å². The number of carbonyl (C=O) groups excluding carboxylic acids is 1. The third kappa shape index (κ3) is 5.15. The van der Waals surface area contributed by atoms with Crippen LogP contribution in [0.3, 0.4) is 0 Å². The molecular weight excluding hydrogens is 581 g/mol. The first-order valence-corrected chi connectivity index (χ1v) is 15.4. The van der Waals surface area contributed by atoms with Gasteiger partial charge in [-0.25, -0.2) is 0 Å². The van der Waals surface area contributed by atoms with Gasteiger partial charge < -0.3 is 35.2 Å². The van der Waals surface area contributed by atoms with Crippen LogP contribution in [0.2, 0.25) is 0 Å². The SMILES string of the molecule is CCc1c2[n-]c(c1C)/C=C1\NC(C3=c4[n-]c(c(C)c4=C(O)[C@@H]3C(=O)OC)/C=c3\[n-]/c(c(C)c3CC)=C\2)[C@@H](CCC(=O)O)[C@@H]1C.[Mg+2]. The van der Waals surface area contributed by atoms with E-state index < -0.39 is 23.9 Å². The summed E-state index contributed by atoms with van der Waals surface area (Å²) < 4.78 is 5.19. The Labute approximate surface area is 278 Å². The Kier molecular flexibility index (Phi) is 8.94. The molecule has 1 unspecified atom stereocenters. The second kappa shape index (κ2) is 12.3. The van der Waals surface area contributed by atoms with Crippen molar-refractivity contribution in [3.63, 3.8) is 0 Å². The summed E-state index contributed by atoms with van der Waals surface area (Å²) in [4.78, 5) is 40.2. The van der Waals surface area contributed by atoms with Crippen molar-refractivity contribution in [2.75, 3.05) is 7.11 Å². The van der Waals surface area contributed by atoms with Gasteiger partial charge in [-0.05, 0) is 51.5 Å². The van der Waals surface area contributed by atoms with E-state index in [2.05, 4.69) is 52.1 Å². The van der Waals surface area contributed by atoms with Crippen molar-refractivity contribution < 1.29 is 24.5 Å². The molecule has 1 aliphatic carbocycles. The van der Waals surface area contributed by atoms with Crippen LogP contribution in [0, 0.1) is 38.5 Å². The Morgan fingerprint density at radius 1 is 0.911 bits per heavy atom. The van der Waals surface area contributed by atoms with E-state index in [1.165, 1.54) is 7.11 Å². The first-order chi connectivity index (χ1) is 21.0. The van der Waals surface area contributed by atoms with E-state index in [1.54, 1.807) is 0 Å². The van der Waals surface area contributed by atoms with Crippen molar-refractivity contribution in [2.24, 2.45) is 17.8 Å². The Bertz CT molecular complexity index is 1990. The summed E-state index contributed by atoms with van der Waals surface area (Å²) in [6.45, 7) is 12.4. The molecule has 10 heteroatoms. The summed E-state index contributed by atoms with van der Waals surface area (Å²) in [5, 5.41) is 27.7. The Hall–Kier alpha value is -3.63. The normalized spacial score (nSPS) is 24.1. The van der Waals surface area contributed by atoms with Crippen LogP contribution in [0.15, 0.2) is 5.70 Å². The number of hydrogen-bond acceptors (Lipinski definition) is 5. The molecule has 232 valence electrons. The third-order valence-electron chi connectivity index (χ3n) is 10.0. The molecule has 3 aromatic heterocycles. The van der Waals surface area contributed by atoms with Crippen LogP contribution in [0.1, 0.15) is 78.5 Å².